The highest BCUT2D eigenvalue weighted by molar-refractivity contribution is 7.92. The van der Waals surface area contributed by atoms with E-state index in [2.05, 4.69) is 5.32 Å². The number of hydrogen-bond acceptors (Lipinski definition) is 5. The number of anilines is 1. The molecule has 5 aromatic carbocycles. The van der Waals surface area contributed by atoms with Crippen molar-refractivity contribution in [2.24, 2.45) is 0 Å². The smallest absolute Gasteiger partial charge is 0.264 e. The molecule has 0 aliphatic heterocycles. The number of amides is 2. The number of para-hydroxylation sites is 1. The lowest BCUT2D eigenvalue weighted by Gasteiger charge is -2.34. The Kier molecular flexibility index (Phi) is 12.2. The number of benzene rings is 5. The normalized spacial score (nSPS) is 11.8. The first kappa shape index (κ1) is 36.5. The van der Waals surface area contributed by atoms with Crippen molar-refractivity contribution in [2.75, 3.05) is 17.4 Å². The molecular weight excluding hydrogens is 693 g/mol. The Morgan fingerprint density at radius 3 is 2.04 bits per heavy atom. The lowest BCUT2D eigenvalue weighted by atomic mass is 10.0. The van der Waals surface area contributed by atoms with E-state index in [4.69, 9.17) is 27.9 Å². The average Bonchev–Trinajstić information content (AvgIpc) is 3.11. The van der Waals surface area contributed by atoms with Gasteiger partial charge in [-0.1, -0.05) is 95.5 Å². The van der Waals surface area contributed by atoms with Crippen molar-refractivity contribution in [1.82, 2.24) is 10.2 Å². The minimum atomic E-state index is -4.27. The first-order valence-corrected chi connectivity index (χ1v) is 18.2. The van der Waals surface area contributed by atoms with Gasteiger partial charge in [0, 0.05) is 29.6 Å². The van der Waals surface area contributed by atoms with Crippen LogP contribution in [0.15, 0.2) is 132 Å². The molecule has 5 rings (SSSR count). The summed E-state index contributed by atoms with van der Waals surface area (Å²) >= 11 is 12.8. The van der Waals surface area contributed by atoms with E-state index < -0.39 is 28.5 Å². The van der Waals surface area contributed by atoms with Crippen molar-refractivity contribution in [1.29, 1.82) is 0 Å². The van der Waals surface area contributed by atoms with Crippen LogP contribution in [0.5, 0.6) is 11.5 Å². The number of sulfonamides is 1. The van der Waals surface area contributed by atoms with Gasteiger partial charge in [-0.05, 0) is 85.6 Å². The Morgan fingerprint density at radius 1 is 0.800 bits per heavy atom. The number of nitrogens with one attached hydrogen (secondary N) is 1. The standard InChI is InChI=1S/C39H37Cl2N3O5S/c1-3-42-39(46)37(24-29-10-6-4-7-11-29)43(26-30-16-17-31(40)25-36(30)41)38(45)27-44(50(47,48)35-22-14-28(2)15-23-35)32-18-20-34(21-19-32)49-33-12-8-5-9-13-33/h4-23,25,37H,3,24,26-27H2,1-2H3,(H,42,46). The van der Waals surface area contributed by atoms with E-state index in [1.807, 2.05) is 67.6 Å². The van der Waals surface area contributed by atoms with Crippen molar-refractivity contribution < 1.29 is 22.7 Å². The van der Waals surface area contributed by atoms with Gasteiger partial charge >= 0.3 is 0 Å². The molecule has 0 aliphatic rings. The third kappa shape index (κ3) is 9.24. The number of carbonyl (C=O) groups excluding carboxylic acids is 2. The Labute approximate surface area is 303 Å². The second kappa shape index (κ2) is 16.7. The van der Waals surface area contributed by atoms with Crippen LogP contribution in [0, 0.1) is 6.92 Å². The first-order chi connectivity index (χ1) is 24.0. The predicted molar refractivity (Wildman–Crippen MR) is 198 cm³/mol. The highest BCUT2D eigenvalue weighted by Gasteiger charge is 2.35. The average molecular weight is 731 g/mol. The number of likely N-dealkylation sites (N-methyl/N-ethyl adjacent to an activating group) is 1. The monoisotopic (exact) mass is 729 g/mol. The number of hydrogen-bond donors (Lipinski definition) is 1. The zero-order valence-corrected chi connectivity index (χ0v) is 30.0. The maximum atomic E-state index is 14.6. The fourth-order valence-electron chi connectivity index (χ4n) is 5.35. The minimum Gasteiger partial charge on any atom is -0.457 e. The Morgan fingerprint density at radius 2 is 1.42 bits per heavy atom. The molecule has 1 unspecified atom stereocenters. The number of rotatable bonds is 14. The summed E-state index contributed by atoms with van der Waals surface area (Å²) in [6, 6.07) is 35.3. The summed E-state index contributed by atoms with van der Waals surface area (Å²) in [5.74, 6) is 0.108. The molecular formula is C39H37Cl2N3O5S. The van der Waals surface area contributed by atoms with Crippen LogP contribution in [0.2, 0.25) is 10.0 Å². The number of ether oxygens (including phenoxy) is 1. The topological polar surface area (TPSA) is 96.0 Å². The summed E-state index contributed by atoms with van der Waals surface area (Å²) in [4.78, 5) is 29.7. The summed E-state index contributed by atoms with van der Waals surface area (Å²) in [5.41, 5.74) is 2.48. The van der Waals surface area contributed by atoms with Crippen molar-refractivity contribution in [2.45, 2.75) is 37.8 Å². The van der Waals surface area contributed by atoms with Crippen LogP contribution in [-0.4, -0.2) is 44.3 Å². The predicted octanol–water partition coefficient (Wildman–Crippen LogP) is 8.07. The molecule has 11 heteroatoms. The van der Waals surface area contributed by atoms with Crippen molar-refractivity contribution in [3.8, 4) is 11.5 Å². The van der Waals surface area contributed by atoms with Gasteiger partial charge in [0.05, 0.1) is 10.6 Å². The molecule has 0 aromatic heterocycles. The molecule has 0 bridgehead atoms. The number of carbonyl (C=O) groups is 2. The molecule has 0 saturated carbocycles. The second-order valence-electron chi connectivity index (χ2n) is 11.6. The molecule has 8 nitrogen and oxygen atoms in total. The zero-order chi connectivity index (χ0) is 35.7. The van der Waals surface area contributed by atoms with E-state index in [0.717, 1.165) is 15.4 Å². The van der Waals surface area contributed by atoms with Crippen molar-refractivity contribution in [3.63, 3.8) is 0 Å². The van der Waals surface area contributed by atoms with Crippen LogP contribution in [-0.2, 0) is 32.6 Å². The van der Waals surface area contributed by atoms with E-state index in [0.29, 0.717) is 33.7 Å². The second-order valence-corrected chi connectivity index (χ2v) is 14.3. The molecule has 1 atom stereocenters. The van der Waals surface area contributed by atoms with Crippen LogP contribution < -0.4 is 14.4 Å². The fourth-order valence-corrected chi connectivity index (χ4v) is 7.23. The van der Waals surface area contributed by atoms with Gasteiger partial charge in [-0.2, -0.15) is 0 Å². The summed E-state index contributed by atoms with van der Waals surface area (Å²) in [6.07, 6.45) is 0.180. The SMILES string of the molecule is CCNC(=O)C(Cc1ccccc1)N(Cc1ccc(Cl)cc1Cl)C(=O)CN(c1ccc(Oc2ccccc2)cc1)S(=O)(=O)c1ccc(C)cc1. The van der Waals surface area contributed by atoms with Crippen LogP contribution in [0.4, 0.5) is 5.69 Å². The summed E-state index contributed by atoms with van der Waals surface area (Å²) < 4.78 is 35.7. The van der Waals surface area contributed by atoms with Crippen LogP contribution >= 0.6 is 23.2 Å². The minimum absolute atomic E-state index is 0.0115. The summed E-state index contributed by atoms with van der Waals surface area (Å²) in [7, 11) is -4.27. The first-order valence-electron chi connectivity index (χ1n) is 16.0. The lowest BCUT2D eigenvalue weighted by Crippen LogP contribution is -2.53. The molecule has 0 radical (unpaired) electrons. The summed E-state index contributed by atoms with van der Waals surface area (Å²) in [6.45, 7) is 3.30. The van der Waals surface area contributed by atoms with Crippen LogP contribution in [0.3, 0.4) is 0 Å². The number of nitrogens with zero attached hydrogens (tertiary/aromatic N) is 2. The fraction of sp³-hybridized carbons (Fsp3) is 0.179. The van der Waals surface area contributed by atoms with Crippen molar-refractivity contribution in [3.05, 3.63) is 154 Å². The Balaban J connectivity index is 1.56. The third-order valence-electron chi connectivity index (χ3n) is 7.97. The lowest BCUT2D eigenvalue weighted by molar-refractivity contribution is -0.140. The van der Waals surface area contributed by atoms with Gasteiger partial charge in [-0.25, -0.2) is 8.42 Å². The largest absolute Gasteiger partial charge is 0.457 e. The molecule has 50 heavy (non-hydrogen) atoms. The number of halogens is 2. The van der Waals surface area contributed by atoms with Gasteiger partial charge in [-0.3, -0.25) is 13.9 Å². The van der Waals surface area contributed by atoms with E-state index in [1.165, 1.54) is 17.0 Å². The molecule has 2 amide bonds. The van der Waals surface area contributed by atoms with Gasteiger partial charge in [0.1, 0.15) is 24.1 Å². The van der Waals surface area contributed by atoms with E-state index >= 15 is 0 Å². The number of aryl methyl sites for hydroxylation is 1. The molecule has 1 N–H and O–H groups in total. The third-order valence-corrected chi connectivity index (χ3v) is 10.3. The highest BCUT2D eigenvalue weighted by Crippen LogP contribution is 2.30. The van der Waals surface area contributed by atoms with Gasteiger partial charge in [0.2, 0.25) is 11.8 Å². The molecule has 258 valence electrons. The Hall–Kier alpha value is -4.83. The van der Waals surface area contributed by atoms with Gasteiger partial charge in [-0.15, -0.1) is 0 Å². The molecule has 0 saturated heterocycles. The molecule has 0 aliphatic carbocycles. The van der Waals surface area contributed by atoms with Crippen LogP contribution in [0.1, 0.15) is 23.6 Å². The van der Waals surface area contributed by atoms with Crippen molar-refractivity contribution >= 4 is 50.7 Å². The zero-order valence-electron chi connectivity index (χ0n) is 27.6. The highest BCUT2D eigenvalue weighted by atomic mass is 35.5. The van der Waals surface area contributed by atoms with E-state index in [-0.39, 0.29) is 29.5 Å². The quantitative estimate of drug-likeness (QED) is 0.125. The van der Waals surface area contributed by atoms with E-state index in [9.17, 15) is 18.0 Å². The molecule has 5 aromatic rings. The molecule has 0 fully saturated rings. The molecule has 0 heterocycles. The molecule has 0 spiro atoms. The Bertz CT molecular complexity index is 2010. The summed E-state index contributed by atoms with van der Waals surface area (Å²) in [5, 5.41) is 3.57. The van der Waals surface area contributed by atoms with E-state index in [1.54, 1.807) is 61.5 Å². The van der Waals surface area contributed by atoms with Gasteiger partial charge in [0.25, 0.3) is 10.0 Å². The van der Waals surface area contributed by atoms with Gasteiger partial charge in [0.15, 0.2) is 0 Å². The maximum Gasteiger partial charge on any atom is 0.264 e. The van der Waals surface area contributed by atoms with Gasteiger partial charge < -0.3 is 15.0 Å². The maximum absolute atomic E-state index is 14.6. The van der Waals surface area contributed by atoms with Crippen LogP contribution in [0.25, 0.3) is 0 Å².